The highest BCUT2D eigenvalue weighted by atomic mass is 127. The van der Waals surface area contributed by atoms with Crippen LogP contribution in [0.25, 0.3) is 11.0 Å². The molecule has 3 heterocycles. The molecule has 170 valence electrons. The number of halogens is 1. The summed E-state index contributed by atoms with van der Waals surface area (Å²) in [5.41, 5.74) is 3.87. The van der Waals surface area contributed by atoms with Gasteiger partial charge < -0.3 is 4.74 Å². The lowest BCUT2D eigenvalue weighted by molar-refractivity contribution is -0.112. The first-order valence-electron chi connectivity index (χ1n) is 11.1. The molecule has 3 aromatic rings. The van der Waals surface area contributed by atoms with Crippen molar-refractivity contribution in [3.8, 4) is 11.8 Å². The average Bonchev–Trinajstić information content (AvgIpc) is 3.47. The maximum absolute atomic E-state index is 13.6. The van der Waals surface area contributed by atoms with Crippen LogP contribution in [0.2, 0.25) is 0 Å². The molecule has 0 radical (unpaired) electrons. The number of carbonyl (C=O) groups excluding carboxylic acids is 1. The zero-order valence-electron chi connectivity index (χ0n) is 18.9. The van der Waals surface area contributed by atoms with Gasteiger partial charge in [-0.25, -0.2) is 4.98 Å². The number of pyridine rings is 1. The summed E-state index contributed by atoms with van der Waals surface area (Å²) in [6.45, 7) is 3.27. The Morgan fingerprint density at radius 3 is 2.70 bits per heavy atom. The molecule has 1 aliphatic heterocycles. The Labute approximate surface area is 205 Å². The SMILES string of the molecule is Cc1cc(N(C(=O)C#C[C@@H]2CCOC2)c2ccc3c(n2)c(=O)n(C)n3C)c(C2CC2)cc1I. The van der Waals surface area contributed by atoms with Crippen LogP contribution in [0, 0.1) is 28.3 Å². The number of anilines is 2. The van der Waals surface area contributed by atoms with Crippen LogP contribution < -0.4 is 10.5 Å². The Kier molecular flexibility index (Phi) is 5.79. The highest BCUT2D eigenvalue weighted by Crippen LogP contribution is 2.46. The summed E-state index contributed by atoms with van der Waals surface area (Å²) in [7, 11) is 3.52. The number of benzene rings is 1. The van der Waals surface area contributed by atoms with Crippen molar-refractivity contribution in [1.82, 2.24) is 14.3 Å². The molecule has 2 fully saturated rings. The lowest BCUT2D eigenvalue weighted by Gasteiger charge is -2.24. The number of rotatable bonds is 3. The van der Waals surface area contributed by atoms with Crippen molar-refractivity contribution >= 4 is 51.0 Å². The Bertz CT molecular complexity index is 1380. The van der Waals surface area contributed by atoms with Crippen LogP contribution in [0.1, 0.15) is 36.3 Å². The minimum absolute atomic E-state index is 0.0639. The van der Waals surface area contributed by atoms with Crippen LogP contribution in [0.15, 0.2) is 29.1 Å². The molecule has 2 aromatic heterocycles. The molecule has 1 saturated heterocycles. The van der Waals surface area contributed by atoms with Crippen molar-refractivity contribution < 1.29 is 9.53 Å². The summed E-state index contributed by atoms with van der Waals surface area (Å²) in [5, 5.41) is 0. The first kappa shape index (κ1) is 22.2. The summed E-state index contributed by atoms with van der Waals surface area (Å²) in [6.07, 6.45) is 3.04. The summed E-state index contributed by atoms with van der Waals surface area (Å²) in [5.74, 6) is 6.49. The normalized spacial score (nSPS) is 17.8. The van der Waals surface area contributed by atoms with Crippen LogP contribution in [0.4, 0.5) is 11.5 Å². The van der Waals surface area contributed by atoms with Gasteiger partial charge in [0.15, 0.2) is 5.52 Å². The number of aryl methyl sites for hydroxylation is 2. The predicted octanol–water partition coefficient (Wildman–Crippen LogP) is 3.77. The predicted molar refractivity (Wildman–Crippen MR) is 136 cm³/mol. The highest BCUT2D eigenvalue weighted by Gasteiger charge is 2.31. The van der Waals surface area contributed by atoms with Gasteiger partial charge in [0.25, 0.3) is 5.56 Å². The van der Waals surface area contributed by atoms with Crippen LogP contribution in [0.3, 0.4) is 0 Å². The molecule has 2 aliphatic rings. The summed E-state index contributed by atoms with van der Waals surface area (Å²) < 4.78 is 9.84. The lowest BCUT2D eigenvalue weighted by Crippen LogP contribution is -2.27. The Hall–Kier alpha value is -2.64. The molecule has 0 N–H and O–H groups in total. The summed E-state index contributed by atoms with van der Waals surface area (Å²) in [6, 6.07) is 7.85. The quantitative estimate of drug-likeness (QED) is 0.364. The van der Waals surface area contributed by atoms with Gasteiger partial charge in [-0.15, -0.1) is 0 Å². The third kappa shape index (κ3) is 4.08. The van der Waals surface area contributed by atoms with E-state index in [1.54, 1.807) is 22.7 Å². The molecule has 1 aliphatic carbocycles. The zero-order valence-corrected chi connectivity index (χ0v) is 21.0. The number of fused-ring (bicyclic) bond motifs is 1. The first-order chi connectivity index (χ1) is 15.8. The Morgan fingerprint density at radius 2 is 2.00 bits per heavy atom. The smallest absolute Gasteiger partial charge is 0.308 e. The van der Waals surface area contributed by atoms with E-state index in [4.69, 9.17) is 4.74 Å². The molecule has 7 nitrogen and oxygen atoms in total. The van der Waals surface area contributed by atoms with Crippen LogP contribution >= 0.6 is 22.6 Å². The number of hydrogen-bond acceptors (Lipinski definition) is 4. The Morgan fingerprint density at radius 1 is 1.21 bits per heavy atom. The number of hydrogen-bond donors (Lipinski definition) is 0. The van der Waals surface area contributed by atoms with Gasteiger partial charge >= 0.3 is 5.91 Å². The van der Waals surface area contributed by atoms with E-state index in [-0.39, 0.29) is 17.4 Å². The second kappa shape index (κ2) is 8.61. The lowest BCUT2D eigenvalue weighted by atomic mass is 10.0. The maximum atomic E-state index is 13.6. The molecule has 0 spiro atoms. The second-order valence-electron chi connectivity index (χ2n) is 8.79. The molecular weight excluding hydrogens is 531 g/mol. The van der Waals surface area contributed by atoms with Crippen LogP contribution in [-0.4, -0.2) is 33.5 Å². The zero-order chi connectivity index (χ0) is 23.3. The van der Waals surface area contributed by atoms with Crippen molar-refractivity contribution in [2.75, 3.05) is 18.1 Å². The number of aromatic nitrogens is 3. The summed E-state index contributed by atoms with van der Waals surface area (Å²) >= 11 is 2.34. The van der Waals surface area contributed by atoms with E-state index >= 15 is 0 Å². The molecule has 1 amide bonds. The number of carbonyl (C=O) groups is 1. The van der Waals surface area contributed by atoms with Gasteiger partial charge in [0.1, 0.15) is 5.82 Å². The fourth-order valence-corrected chi connectivity index (χ4v) is 4.73. The van der Waals surface area contributed by atoms with E-state index < -0.39 is 0 Å². The molecular formula is C25H25IN4O3. The largest absolute Gasteiger partial charge is 0.380 e. The number of ether oxygens (including phenoxy) is 1. The van der Waals surface area contributed by atoms with Crippen LogP contribution in [0.5, 0.6) is 0 Å². The van der Waals surface area contributed by atoms with E-state index in [9.17, 15) is 9.59 Å². The molecule has 33 heavy (non-hydrogen) atoms. The standard InChI is InChI=1S/C25H25IN4O3/c1-15-12-21(18(13-19(15)26)17-5-6-17)30(23(31)9-4-16-10-11-33-14-16)22-8-7-20-24(27-22)25(32)29(3)28(20)2/h7-8,12-13,16-17H,5-6,10-11,14H2,1-3H3/t16-/m1/s1. The van der Waals surface area contributed by atoms with E-state index in [0.717, 1.165) is 36.1 Å². The van der Waals surface area contributed by atoms with Crippen molar-refractivity contribution in [1.29, 1.82) is 0 Å². The van der Waals surface area contributed by atoms with Crippen molar-refractivity contribution in [3.63, 3.8) is 0 Å². The molecule has 1 aromatic carbocycles. The molecule has 8 heteroatoms. The van der Waals surface area contributed by atoms with E-state index in [1.807, 2.05) is 26.1 Å². The molecule has 1 atom stereocenters. The molecule has 0 unspecified atom stereocenters. The van der Waals surface area contributed by atoms with Gasteiger partial charge in [0.2, 0.25) is 0 Å². The fraction of sp³-hybridized carbons (Fsp3) is 0.400. The fourth-order valence-electron chi connectivity index (χ4n) is 4.24. The van der Waals surface area contributed by atoms with Gasteiger partial charge in [-0.1, -0.05) is 5.92 Å². The van der Waals surface area contributed by atoms with E-state index in [2.05, 4.69) is 45.5 Å². The third-order valence-corrected chi connectivity index (χ3v) is 7.63. The molecule has 0 bridgehead atoms. The third-order valence-electron chi connectivity index (χ3n) is 6.47. The maximum Gasteiger partial charge on any atom is 0.308 e. The van der Waals surface area contributed by atoms with Crippen molar-refractivity contribution in [3.05, 3.63) is 49.3 Å². The topological polar surface area (TPSA) is 69.4 Å². The average molecular weight is 556 g/mol. The second-order valence-corrected chi connectivity index (χ2v) is 9.96. The molecule has 1 saturated carbocycles. The van der Waals surface area contributed by atoms with Gasteiger partial charge in [-0.3, -0.25) is 23.9 Å². The van der Waals surface area contributed by atoms with Crippen molar-refractivity contribution in [2.45, 2.75) is 32.1 Å². The number of amides is 1. The molecule has 5 rings (SSSR count). The van der Waals surface area contributed by atoms with E-state index in [0.29, 0.717) is 36.0 Å². The van der Waals surface area contributed by atoms with Gasteiger partial charge in [-0.05, 0) is 96.0 Å². The summed E-state index contributed by atoms with van der Waals surface area (Å²) in [4.78, 5) is 32.6. The minimum Gasteiger partial charge on any atom is -0.380 e. The van der Waals surface area contributed by atoms with Crippen LogP contribution in [-0.2, 0) is 23.6 Å². The van der Waals surface area contributed by atoms with Crippen molar-refractivity contribution in [2.24, 2.45) is 20.0 Å². The van der Waals surface area contributed by atoms with Gasteiger partial charge in [0, 0.05) is 30.2 Å². The highest BCUT2D eigenvalue weighted by molar-refractivity contribution is 14.1. The van der Waals surface area contributed by atoms with Gasteiger partial charge in [-0.2, -0.15) is 0 Å². The van der Waals surface area contributed by atoms with E-state index in [1.165, 1.54) is 8.25 Å². The minimum atomic E-state index is -0.344. The van der Waals surface area contributed by atoms with Gasteiger partial charge in [0.05, 0.1) is 17.8 Å². The monoisotopic (exact) mass is 556 g/mol. The number of nitrogens with zero attached hydrogens (tertiary/aromatic N) is 4. The first-order valence-corrected chi connectivity index (χ1v) is 12.2. The Balaban J connectivity index is 1.68.